The number of nitrogens with one attached hydrogen (secondary N) is 1. The molecule has 130 valence electrons. The van der Waals surface area contributed by atoms with Crippen molar-refractivity contribution in [2.45, 2.75) is 25.3 Å². The SMILES string of the molecule is C#CCNS(=O)(=O)c1ccc(C(=O)OCc2cc(C)ccc2C)cc1. The standard InChI is InChI=1S/C19H19NO4S/c1-4-11-20-25(22,23)18-9-7-16(8-10-18)19(21)24-13-17-12-14(2)5-6-15(17)3/h1,5-10,12,20H,11,13H2,2-3H3. The van der Waals surface area contributed by atoms with Crippen LogP contribution in [0, 0.1) is 26.2 Å². The fourth-order valence-electron chi connectivity index (χ4n) is 2.17. The summed E-state index contributed by atoms with van der Waals surface area (Å²) >= 11 is 0. The maximum absolute atomic E-state index is 12.1. The molecule has 0 aliphatic heterocycles. The molecule has 25 heavy (non-hydrogen) atoms. The van der Waals surface area contributed by atoms with E-state index in [0.717, 1.165) is 16.7 Å². The Morgan fingerprint density at radius 3 is 2.48 bits per heavy atom. The molecule has 0 spiro atoms. The summed E-state index contributed by atoms with van der Waals surface area (Å²) in [5.74, 6) is 1.69. The van der Waals surface area contributed by atoms with E-state index in [2.05, 4.69) is 10.6 Å². The predicted molar refractivity (Wildman–Crippen MR) is 95.5 cm³/mol. The number of rotatable bonds is 6. The van der Waals surface area contributed by atoms with Crippen LogP contribution in [0.5, 0.6) is 0 Å². The number of terminal acetylenes is 1. The second kappa shape index (κ2) is 7.97. The van der Waals surface area contributed by atoms with E-state index >= 15 is 0 Å². The molecule has 0 amide bonds. The zero-order chi connectivity index (χ0) is 18.4. The van der Waals surface area contributed by atoms with Crippen molar-refractivity contribution < 1.29 is 17.9 Å². The van der Waals surface area contributed by atoms with Crippen LogP contribution in [0.4, 0.5) is 0 Å². The van der Waals surface area contributed by atoms with Crippen molar-refractivity contribution >= 4 is 16.0 Å². The molecule has 0 unspecified atom stereocenters. The Kier molecular flexibility index (Phi) is 5.97. The number of carbonyl (C=O) groups excluding carboxylic acids is 1. The predicted octanol–water partition coefficient (Wildman–Crippen LogP) is 2.57. The smallest absolute Gasteiger partial charge is 0.338 e. The van der Waals surface area contributed by atoms with Crippen molar-refractivity contribution in [2.24, 2.45) is 0 Å². The second-order valence-corrected chi connectivity index (χ2v) is 7.33. The molecule has 0 aromatic heterocycles. The maximum Gasteiger partial charge on any atom is 0.338 e. The van der Waals surface area contributed by atoms with Crippen LogP contribution in [0.1, 0.15) is 27.0 Å². The van der Waals surface area contributed by atoms with Gasteiger partial charge in [0.05, 0.1) is 17.0 Å². The summed E-state index contributed by atoms with van der Waals surface area (Å²) in [6.45, 7) is 3.99. The minimum atomic E-state index is -3.68. The van der Waals surface area contributed by atoms with Crippen molar-refractivity contribution in [3.05, 3.63) is 64.7 Å². The topological polar surface area (TPSA) is 72.5 Å². The van der Waals surface area contributed by atoms with Crippen LogP contribution < -0.4 is 4.72 Å². The van der Waals surface area contributed by atoms with Gasteiger partial charge in [-0.05, 0) is 49.2 Å². The minimum Gasteiger partial charge on any atom is -0.457 e. The van der Waals surface area contributed by atoms with Gasteiger partial charge in [-0.3, -0.25) is 0 Å². The summed E-state index contributed by atoms with van der Waals surface area (Å²) < 4.78 is 31.4. The first kappa shape index (κ1) is 18.7. The molecular weight excluding hydrogens is 338 g/mol. The second-order valence-electron chi connectivity index (χ2n) is 5.56. The summed E-state index contributed by atoms with van der Waals surface area (Å²) in [5, 5.41) is 0. The highest BCUT2D eigenvalue weighted by atomic mass is 32.2. The molecule has 0 atom stereocenters. The number of carbonyl (C=O) groups is 1. The largest absolute Gasteiger partial charge is 0.457 e. The van der Waals surface area contributed by atoms with E-state index in [1.165, 1.54) is 24.3 Å². The lowest BCUT2D eigenvalue weighted by molar-refractivity contribution is 0.0472. The number of ether oxygens (including phenoxy) is 1. The molecule has 0 saturated heterocycles. The lowest BCUT2D eigenvalue weighted by atomic mass is 10.1. The Hall–Kier alpha value is -2.62. The van der Waals surface area contributed by atoms with Gasteiger partial charge in [-0.1, -0.05) is 29.7 Å². The van der Waals surface area contributed by atoms with Crippen molar-refractivity contribution in [1.29, 1.82) is 0 Å². The van der Waals surface area contributed by atoms with Gasteiger partial charge < -0.3 is 4.74 Å². The molecule has 5 nitrogen and oxygen atoms in total. The molecule has 1 N–H and O–H groups in total. The Balaban J connectivity index is 2.06. The molecule has 0 fully saturated rings. The first-order chi connectivity index (χ1) is 11.8. The Morgan fingerprint density at radius 1 is 1.16 bits per heavy atom. The first-order valence-corrected chi connectivity index (χ1v) is 9.08. The zero-order valence-corrected chi connectivity index (χ0v) is 14.9. The Bertz CT molecular complexity index is 909. The highest BCUT2D eigenvalue weighted by Gasteiger charge is 2.15. The third-order valence-corrected chi connectivity index (χ3v) is 5.05. The van der Waals surface area contributed by atoms with E-state index in [1.54, 1.807) is 0 Å². The van der Waals surface area contributed by atoms with E-state index < -0.39 is 16.0 Å². The minimum absolute atomic E-state index is 0.0360. The highest BCUT2D eigenvalue weighted by Crippen LogP contribution is 2.15. The highest BCUT2D eigenvalue weighted by molar-refractivity contribution is 7.89. The molecule has 0 aliphatic rings. The number of hydrogen-bond acceptors (Lipinski definition) is 4. The molecule has 0 bridgehead atoms. The number of aryl methyl sites for hydroxylation is 2. The van der Waals surface area contributed by atoms with Gasteiger partial charge in [0, 0.05) is 0 Å². The third kappa shape index (κ3) is 4.92. The number of benzene rings is 2. The maximum atomic E-state index is 12.1. The first-order valence-electron chi connectivity index (χ1n) is 7.60. The van der Waals surface area contributed by atoms with Gasteiger partial charge in [-0.2, -0.15) is 4.72 Å². The van der Waals surface area contributed by atoms with E-state index in [9.17, 15) is 13.2 Å². The molecule has 2 rings (SSSR count). The molecule has 2 aromatic rings. The van der Waals surface area contributed by atoms with Gasteiger partial charge in [0.15, 0.2) is 0 Å². The zero-order valence-electron chi connectivity index (χ0n) is 14.1. The quantitative estimate of drug-likeness (QED) is 0.637. The fourth-order valence-corrected chi connectivity index (χ4v) is 3.11. The number of hydrogen-bond donors (Lipinski definition) is 1. The fraction of sp³-hybridized carbons (Fsp3) is 0.211. The summed E-state index contributed by atoms with van der Waals surface area (Å²) in [6, 6.07) is 11.4. The lowest BCUT2D eigenvalue weighted by Gasteiger charge is -2.09. The average Bonchev–Trinajstić information content (AvgIpc) is 2.60. The van der Waals surface area contributed by atoms with Crippen molar-refractivity contribution in [3.8, 4) is 12.3 Å². The number of esters is 1. The normalized spacial score (nSPS) is 10.9. The van der Waals surface area contributed by atoms with Gasteiger partial charge in [-0.15, -0.1) is 6.42 Å². The van der Waals surface area contributed by atoms with Gasteiger partial charge >= 0.3 is 5.97 Å². The summed E-state index contributed by atoms with van der Waals surface area (Å²) in [4.78, 5) is 12.2. The van der Waals surface area contributed by atoms with Crippen LogP contribution in [-0.4, -0.2) is 20.9 Å². The molecular formula is C19H19NO4S. The van der Waals surface area contributed by atoms with Crippen LogP contribution in [0.15, 0.2) is 47.4 Å². The van der Waals surface area contributed by atoms with Gasteiger partial charge in [0.25, 0.3) is 0 Å². The van der Waals surface area contributed by atoms with Crippen molar-refractivity contribution in [3.63, 3.8) is 0 Å². The Labute approximate surface area is 148 Å². The molecule has 0 radical (unpaired) electrons. The lowest BCUT2D eigenvalue weighted by Crippen LogP contribution is -2.23. The Morgan fingerprint density at radius 2 is 1.84 bits per heavy atom. The number of sulfonamides is 1. The van der Waals surface area contributed by atoms with Crippen LogP contribution in [0.3, 0.4) is 0 Å². The molecule has 0 heterocycles. The van der Waals surface area contributed by atoms with E-state index in [-0.39, 0.29) is 23.6 Å². The average molecular weight is 357 g/mol. The van der Waals surface area contributed by atoms with E-state index in [0.29, 0.717) is 0 Å². The van der Waals surface area contributed by atoms with E-state index in [4.69, 9.17) is 11.2 Å². The molecule has 0 aliphatic carbocycles. The van der Waals surface area contributed by atoms with Gasteiger partial charge in [-0.25, -0.2) is 13.2 Å². The van der Waals surface area contributed by atoms with Crippen LogP contribution in [0.2, 0.25) is 0 Å². The molecule has 0 saturated carbocycles. The third-order valence-electron chi connectivity index (χ3n) is 3.63. The molecule has 2 aromatic carbocycles. The van der Waals surface area contributed by atoms with Crippen LogP contribution in [-0.2, 0) is 21.4 Å². The van der Waals surface area contributed by atoms with Crippen molar-refractivity contribution in [2.75, 3.05) is 6.54 Å². The van der Waals surface area contributed by atoms with Gasteiger partial charge in [0.2, 0.25) is 10.0 Å². The van der Waals surface area contributed by atoms with Crippen molar-refractivity contribution in [1.82, 2.24) is 4.72 Å². The van der Waals surface area contributed by atoms with Gasteiger partial charge in [0.1, 0.15) is 6.61 Å². The van der Waals surface area contributed by atoms with Crippen LogP contribution >= 0.6 is 0 Å². The van der Waals surface area contributed by atoms with Crippen LogP contribution in [0.25, 0.3) is 0 Å². The van der Waals surface area contributed by atoms with E-state index in [1.807, 2.05) is 32.0 Å². The monoisotopic (exact) mass is 357 g/mol. The summed E-state index contributed by atoms with van der Waals surface area (Å²) in [6.07, 6.45) is 5.04. The molecule has 6 heteroatoms. The summed E-state index contributed by atoms with van der Waals surface area (Å²) in [7, 11) is -3.68. The summed E-state index contributed by atoms with van der Waals surface area (Å²) in [5.41, 5.74) is 3.34.